The van der Waals surface area contributed by atoms with Gasteiger partial charge in [-0.3, -0.25) is 0 Å². The molecule has 0 saturated heterocycles. The zero-order chi connectivity index (χ0) is 0. The van der Waals surface area contributed by atoms with Crippen LogP contribution in [0.15, 0.2) is 0 Å². The standard InChI is InChI=1S/12ClH.Ir.2Na.2H/h12*1H;;;;;/q;;;;;;;;;;;;;2*+1;2*-1. The van der Waals surface area contributed by atoms with Crippen LogP contribution in [0.2, 0.25) is 0 Å². The summed E-state index contributed by atoms with van der Waals surface area (Å²) in [5, 5.41) is 0. The molecule has 0 N–H and O–H groups in total. The fraction of sp³-hybridized carbons (Fsp3) is 0. The third-order valence-corrected chi connectivity index (χ3v) is 0. The van der Waals surface area contributed by atoms with Crippen LogP contribution in [-0.2, 0) is 20.1 Å². The first-order valence-corrected chi connectivity index (χ1v) is 0. The van der Waals surface area contributed by atoms with Gasteiger partial charge in [-0.2, -0.15) is 0 Å². The van der Waals surface area contributed by atoms with E-state index >= 15 is 0 Å². The van der Waals surface area contributed by atoms with Crippen LogP contribution >= 0.6 is 149 Å². The molecule has 0 spiro atoms. The summed E-state index contributed by atoms with van der Waals surface area (Å²) in [7, 11) is 0. The summed E-state index contributed by atoms with van der Waals surface area (Å²) in [5.41, 5.74) is 0. The summed E-state index contributed by atoms with van der Waals surface area (Å²) in [4.78, 5) is 0. The minimum atomic E-state index is 0. The smallest absolute Gasteiger partial charge is 1.00 e. The van der Waals surface area contributed by atoms with Gasteiger partial charge in [0.25, 0.3) is 0 Å². The predicted octanol–water partition coefficient (Wildman–Crippen LogP) is -0.708. The Morgan fingerprint density at radius 2 is 0.267 bits per heavy atom. The number of rotatable bonds is 0. The fourth-order valence-corrected chi connectivity index (χ4v) is 0. The van der Waals surface area contributed by atoms with Gasteiger partial charge in [0.05, 0.1) is 0 Å². The zero-order valence-electron chi connectivity index (χ0n) is 9.23. The molecular formula is H14Cl12IrNa2. The molecule has 0 nitrogen and oxygen atoms in total. The van der Waals surface area contributed by atoms with Gasteiger partial charge >= 0.3 is 59.1 Å². The summed E-state index contributed by atoms with van der Waals surface area (Å²) in [5.74, 6) is 0. The monoisotopic (exact) mass is 673 g/mol. The van der Waals surface area contributed by atoms with Gasteiger partial charge in [0.1, 0.15) is 0 Å². The van der Waals surface area contributed by atoms with Gasteiger partial charge in [0, 0.05) is 20.1 Å². The van der Waals surface area contributed by atoms with Crippen molar-refractivity contribution in [3.63, 3.8) is 0 Å². The van der Waals surface area contributed by atoms with E-state index in [1.165, 1.54) is 0 Å². The maximum Gasteiger partial charge on any atom is 1.00 e. The Morgan fingerprint density at radius 1 is 0.267 bits per heavy atom. The van der Waals surface area contributed by atoms with Crippen molar-refractivity contribution in [2.75, 3.05) is 0 Å². The molecule has 1 radical (unpaired) electrons. The summed E-state index contributed by atoms with van der Waals surface area (Å²) < 4.78 is 0. The SMILES string of the molecule is Cl.Cl.Cl.Cl.Cl.Cl.Cl.Cl.Cl.Cl.Cl.Cl.[H-].[H-].[Ir].[Na+].[Na+]. The molecule has 109 valence electrons. The molecule has 0 amide bonds. The van der Waals surface area contributed by atoms with E-state index < -0.39 is 0 Å². The number of hydrogen-bond donors (Lipinski definition) is 0. The van der Waals surface area contributed by atoms with Crippen molar-refractivity contribution in [2.45, 2.75) is 0 Å². The van der Waals surface area contributed by atoms with Gasteiger partial charge in [0.15, 0.2) is 0 Å². The van der Waals surface area contributed by atoms with E-state index in [0.717, 1.165) is 0 Å². The third kappa shape index (κ3) is 176. The fourth-order valence-electron chi connectivity index (χ4n) is 0. The van der Waals surface area contributed by atoms with Crippen molar-refractivity contribution in [1.29, 1.82) is 0 Å². The molecule has 0 aliphatic rings. The van der Waals surface area contributed by atoms with Crippen LogP contribution in [0.3, 0.4) is 0 Å². The first-order chi connectivity index (χ1) is 0. The van der Waals surface area contributed by atoms with Gasteiger partial charge in [-0.05, 0) is 0 Å². The second kappa shape index (κ2) is 196. The maximum absolute atomic E-state index is 0. The molecule has 0 heterocycles. The van der Waals surface area contributed by atoms with Crippen LogP contribution in [-0.4, -0.2) is 0 Å². The maximum atomic E-state index is 0. The summed E-state index contributed by atoms with van der Waals surface area (Å²) >= 11 is 0. The molecular weight excluding hydrogens is 664 g/mol. The van der Waals surface area contributed by atoms with E-state index in [4.69, 9.17) is 0 Å². The second-order valence-corrected chi connectivity index (χ2v) is 0. The normalized spacial score (nSPS) is 0. The molecule has 15 heteroatoms. The Balaban J connectivity index is 0. The van der Waals surface area contributed by atoms with E-state index in [1.54, 1.807) is 0 Å². The minimum Gasteiger partial charge on any atom is -1.00 e. The van der Waals surface area contributed by atoms with Crippen molar-refractivity contribution in [1.82, 2.24) is 0 Å². The van der Waals surface area contributed by atoms with Crippen molar-refractivity contribution in [2.24, 2.45) is 0 Å². The largest absolute Gasteiger partial charge is 1.00 e. The van der Waals surface area contributed by atoms with Crippen molar-refractivity contribution < 1.29 is 82.1 Å². The van der Waals surface area contributed by atoms with Crippen LogP contribution in [0, 0.1) is 0 Å². The topological polar surface area (TPSA) is 0 Å². The van der Waals surface area contributed by atoms with E-state index in [-0.39, 0.29) is 231 Å². The van der Waals surface area contributed by atoms with Gasteiger partial charge in [-0.15, -0.1) is 149 Å². The van der Waals surface area contributed by atoms with E-state index in [2.05, 4.69) is 0 Å². The van der Waals surface area contributed by atoms with Gasteiger partial charge in [-0.1, -0.05) is 0 Å². The Kier molecular flexibility index (Phi) is 2980. The summed E-state index contributed by atoms with van der Waals surface area (Å²) in [6, 6.07) is 0. The molecule has 0 saturated carbocycles. The average Bonchev–Trinajstić information content (AvgIpc) is 0. The number of hydrogen-bond acceptors (Lipinski definition) is 0. The molecule has 0 atom stereocenters. The molecule has 15 heavy (non-hydrogen) atoms. The molecule has 0 aliphatic heterocycles. The zero-order valence-corrected chi connectivity index (χ0v) is 23.4. The molecule has 0 rings (SSSR count). The Bertz CT molecular complexity index is 22.5. The van der Waals surface area contributed by atoms with Crippen LogP contribution in [0.1, 0.15) is 2.85 Å². The third-order valence-electron chi connectivity index (χ3n) is 0. The van der Waals surface area contributed by atoms with E-state index in [9.17, 15) is 0 Å². The molecule has 0 fully saturated rings. The van der Waals surface area contributed by atoms with Crippen LogP contribution in [0.5, 0.6) is 0 Å². The van der Waals surface area contributed by atoms with Crippen molar-refractivity contribution in [3.8, 4) is 0 Å². The van der Waals surface area contributed by atoms with Crippen LogP contribution in [0.4, 0.5) is 0 Å². The predicted molar refractivity (Wildman–Crippen MR) is 89.2 cm³/mol. The van der Waals surface area contributed by atoms with Crippen LogP contribution < -0.4 is 59.1 Å². The van der Waals surface area contributed by atoms with Gasteiger partial charge < -0.3 is 2.85 Å². The van der Waals surface area contributed by atoms with Crippen molar-refractivity contribution in [3.05, 3.63) is 0 Å². The molecule has 0 aromatic carbocycles. The average molecular weight is 678 g/mol. The molecule has 0 unspecified atom stereocenters. The van der Waals surface area contributed by atoms with Gasteiger partial charge in [0.2, 0.25) is 0 Å². The van der Waals surface area contributed by atoms with E-state index in [0.29, 0.717) is 0 Å². The first kappa shape index (κ1) is 228. The Hall–Kier alpha value is 6.13. The molecule has 0 bridgehead atoms. The Morgan fingerprint density at radius 3 is 0.267 bits per heavy atom. The van der Waals surface area contributed by atoms with Crippen LogP contribution in [0.25, 0.3) is 0 Å². The molecule has 0 aromatic heterocycles. The minimum absolute atomic E-state index is 0. The van der Waals surface area contributed by atoms with Gasteiger partial charge in [-0.25, -0.2) is 0 Å². The second-order valence-electron chi connectivity index (χ2n) is 0. The summed E-state index contributed by atoms with van der Waals surface area (Å²) in [6.45, 7) is 0. The molecule has 0 aromatic rings. The van der Waals surface area contributed by atoms with E-state index in [1.807, 2.05) is 0 Å². The van der Waals surface area contributed by atoms with Crippen molar-refractivity contribution >= 4 is 149 Å². The summed E-state index contributed by atoms with van der Waals surface area (Å²) in [6.07, 6.45) is 0. The Labute approximate surface area is 226 Å². The quantitative estimate of drug-likeness (QED) is 0.298. The first-order valence-electron chi connectivity index (χ1n) is 0. The molecule has 0 aliphatic carbocycles. The number of halogens is 12.